The van der Waals surface area contributed by atoms with Crippen molar-refractivity contribution in [1.82, 2.24) is 4.98 Å². The summed E-state index contributed by atoms with van der Waals surface area (Å²) in [7, 11) is 0. The predicted molar refractivity (Wildman–Crippen MR) is 152 cm³/mol. The molecule has 0 bridgehead atoms. The average molecular weight is 546 g/mol. The quantitative estimate of drug-likeness (QED) is 0.180. The molecule has 4 rings (SSSR count). The van der Waals surface area contributed by atoms with Crippen LogP contribution in [0.25, 0.3) is 0 Å². The summed E-state index contributed by atoms with van der Waals surface area (Å²) >= 11 is 2.66. The van der Waals surface area contributed by atoms with Crippen LogP contribution in [0, 0.1) is 6.92 Å². The number of thioether (sulfide) groups is 1. The van der Waals surface area contributed by atoms with E-state index in [4.69, 9.17) is 4.74 Å². The van der Waals surface area contributed by atoms with Gasteiger partial charge in [-0.05, 0) is 55.8 Å². The fourth-order valence-electron chi connectivity index (χ4n) is 3.62. The van der Waals surface area contributed by atoms with E-state index in [9.17, 15) is 14.4 Å². The number of thiazole rings is 1. The van der Waals surface area contributed by atoms with Crippen molar-refractivity contribution in [2.75, 3.05) is 17.2 Å². The highest BCUT2D eigenvalue weighted by molar-refractivity contribution is 8.00. The molecule has 194 valence electrons. The van der Waals surface area contributed by atoms with Crippen LogP contribution in [-0.4, -0.2) is 29.4 Å². The van der Waals surface area contributed by atoms with Gasteiger partial charge in [-0.15, -0.1) is 23.1 Å². The maximum absolute atomic E-state index is 13.3. The minimum atomic E-state index is -0.540. The molecule has 0 radical (unpaired) electrons. The Labute approximate surface area is 229 Å². The Balaban J connectivity index is 1.44. The Hall–Kier alpha value is -3.95. The highest BCUT2D eigenvalue weighted by Gasteiger charge is 2.23. The van der Waals surface area contributed by atoms with Gasteiger partial charge in [-0.2, -0.15) is 0 Å². The van der Waals surface area contributed by atoms with Gasteiger partial charge in [0.2, 0.25) is 5.91 Å². The Morgan fingerprint density at radius 1 is 0.974 bits per heavy atom. The molecule has 1 unspecified atom stereocenters. The lowest BCUT2D eigenvalue weighted by Gasteiger charge is -2.16. The first-order valence-corrected chi connectivity index (χ1v) is 13.8. The lowest BCUT2D eigenvalue weighted by Crippen LogP contribution is -2.19. The van der Waals surface area contributed by atoms with E-state index in [1.54, 1.807) is 18.4 Å². The zero-order valence-corrected chi connectivity index (χ0v) is 22.6. The number of carbonyl (C=O) groups is 3. The second-order valence-electron chi connectivity index (χ2n) is 8.37. The molecule has 0 aliphatic carbocycles. The highest BCUT2D eigenvalue weighted by atomic mass is 32.2. The number of rotatable bonds is 10. The molecule has 0 spiro atoms. The Kier molecular flexibility index (Phi) is 9.29. The number of hydrogen-bond donors (Lipinski definition) is 2. The van der Waals surface area contributed by atoms with E-state index in [1.807, 2.05) is 79.7 Å². The lowest BCUT2D eigenvalue weighted by atomic mass is 10.1. The topological polar surface area (TPSA) is 97.4 Å². The number of benzene rings is 3. The van der Waals surface area contributed by atoms with Crippen LogP contribution in [0.3, 0.4) is 0 Å². The molecule has 0 saturated carbocycles. The number of esters is 1. The summed E-state index contributed by atoms with van der Waals surface area (Å²) in [5.41, 5.74) is 3.67. The number of hydrogen-bond acceptors (Lipinski definition) is 7. The maximum atomic E-state index is 13.3. The molecule has 1 heterocycles. The van der Waals surface area contributed by atoms with Crippen LogP contribution < -0.4 is 10.6 Å². The number of amides is 2. The largest absolute Gasteiger partial charge is 0.466 e. The maximum Gasteiger partial charge on any atom is 0.311 e. The van der Waals surface area contributed by atoms with E-state index in [1.165, 1.54) is 23.1 Å². The number of anilines is 2. The van der Waals surface area contributed by atoms with E-state index in [-0.39, 0.29) is 24.2 Å². The van der Waals surface area contributed by atoms with Crippen LogP contribution in [0.4, 0.5) is 10.8 Å². The van der Waals surface area contributed by atoms with Crippen molar-refractivity contribution in [1.29, 1.82) is 0 Å². The summed E-state index contributed by atoms with van der Waals surface area (Å²) in [5.74, 6) is -0.761. The van der Waals surface area contributed by atoms with E-state index in [0.29, 0.717) is 28.7 Å². The van der Waals surface area contributed by atoms with Crippen LogP contribution >= 0.6 is 23.1 Å². The monoisotopic (exact) mass is 545 g/mol. The van der Waals surface area contributed by atoms with Gasteiger partial charge in [-0.25, -0.2) is 4.98 Å². The van der Waals surface area contributed by atoms with E-state index in [0.717, 1.165) is 16.0 Å². The van der Waals surface area contributed by atoms with Gasteiger partial charge >= 0.3 is 5.97 Å². The second-order valence-corrected chi connectivity index (χ2v) is 10.4. The second kappa shape index (κ2) is 13.0. The van der Waals surface area contributed by atoms with Crippen LogP contribution in [-0.2, 0) is 20.7 Å². The normalized spacial score (nSPS) is 11.4. The molecule has 4 aromatic rings. The minimum absolute atomic E-state index is 0.0594. The first kappa shape index (κ1) is 27.1. The van der Waals surface area contributed by atoms with Gasteiger partial charge in [-0.1, -0.05) is 48.0 Å². The molecular formula is C29H27N3O4S2. The number of aromatic nitrogens is 1. The SMILES string of the molecule is CCOC(=O)Cc1csc(NC(=O)C(Sc2ccc(NC(=O)c3cccc(C)c3)cc2)c2ccccc2)n1. The first-order chi connectivity index (χ1) is 18.4. The molecule has 9 heteroatoms. The van der Waals surface area contributed by atoms with Crippen molar-refractivity contribution < 1.29 is 19.1 Å². The van der Waals surface area contributed by atoms with Crippen molar-refractivity contribution in [3.8, 4) is 0 Å². The molecule has 2 N–H and O–H groups in total. The van der Waals surface area contributed by atoms with Crippen LogP contribution in [0.2, 0.25) is 0 Å². The third-order valence-electron chi connectivity index (χ3n) is 5.40. The van der Waals surface area contributed by atoms with Crippen LogP contribution in [0.5, 0.6) is 0 Å². The molecule has 0 aliphatic heterocycles. The molecule has 7 nitrogen and oxygen atoms in total. The molecule has 0 saturated heterocycles. The smallest absolute Gasteiger partial charge is 0.311 e. The summed E-state index contributed by atoms with van der Waals surface area (Å²) in [6.07, 6.45) is 0.0594. The van der Waals surface area contributed by atoms with Crippen molar-refractivity contribution in [2.24, 2.45) is 0 Å². The molecule has 2 amide bonds. The summed E-state index contributed by atoms with van der Waals surface area (Å²) in [6.45, 7) is 4.00. The van der Waals surface area contributed by atoms with Crippen LogP contribution in [0.15, 0.2) is 89.1 Å². The van der Waals surface area contributed by atoms with Crippen molar-refractivity contribution >= 4 is 51.7 Å². The van der Waals surface area contributed by atoms with Crippen molar-refractivity contribution in [2.45, 2.75) is 30.4 Å². The Morgan fingerprint density at radius 3 is 2.45 bits per heavy atom. The molecule has 38 heavy (non-hydrogen) atoms. The number of nitrogens with zero attached hydrogens (tertiary/aromatic N) is 1. The molecular weight excluding hydrogens is 518 g/mol. The van der Waals surface area contributed by atoms with E-state index >= 15 is 0 Å². The molecule has 1 aromatic heterocycles. The van der Waals surface area contributed by atoms with Gasteiger partial charge in [0.15, 0.2) is 5.13 Å². The highest BCUT2D eigenvalue weighted by Crippen LogP contribution is 2.37. The van der Waals surface area contributed by atoms with Gasteiger partial charge in [0, 0.05) is 21.5 Å². The van der Waals surface area contributed by atoms with E-state index < -0.39 is 5.25 Å². The number of carbonyl (C=O) groups excluding carboxylic acids is 3. The minimum Gasteiger partial charge on any atom is -0.466 e. The molecule has 3 aromatic carbocycles. The van der Waals surface area contributed by atoms with Gasteiger partial charge < -0.3 is 15.4 Å². The van der Waals surface area contributed by atoms with Gasteiger partial charge in [0.05, 0.1) is 18.7 Å². The summed E-state index contributed by atoms with van der Waals surface area (Å²) in [4.78, 5) is 42.9. The Bertz CT molecular complexity index is 1400. The van der Waals surface area contributed by atoms with Gasteiger partial charge in [0.25, 0.3) is 5.91 Å². The third kappa shape index (κ3) is 7.53. The van der Waals surface area contributed by atoms with Crippen molar-refractivity contribution in [3.63, 3.8) is 0 Å². The summed E-state index contributed by atoms with van der Waals surface area (Å²) < 4.78 is 4.97. The third-order valence-corrected chi connectivity index (χ3v) is 7.47. The lowest BCUT2D eigenvalue weighted by molar-refractivity contribution is -0.142. The number of nitrogens with one attached hydrogen (secondary N) is 2. The fourth-order valence-corrected chi connectivity index (χ4v) is 5.36. The first-order valence-electron chi connectivity index (χ1n) is 12.0. The summed E-state index contributed by atoms with van der Waals surface area (Å²) in [6, 6.07) is 24.3. The Morgan fingerprint density at radius 2 is 1.74 bits per heavy atom. The predicted octanol–water partition coefficient (Wildman–Crippen LogP) is 6.28. The summed E-state index contributed by atoms with van der Waals surface area (Å²) in [5, 5.41) is 7.41. The number of aryl methyl sites for hydroxylation is 1. The standard InChI is InChI=1S/C29H27N3O4S2/c1-3-36-25(33)17-23-18-37-29(31-23)32-28(35)26(20-9-5-4-6-10-20)38-24-14-12-22(13-15-24)30-27(34)21-11-7-8-19(2)16-21/h4-16,18,26H,3,17H2,1-2H3,(H,30,34)(H,31,32,35). The zero-order chi connectivity index (χ0) is 26.9. The zero-order valence-electron chi connectivity index (χ0n) is 21.0. The average Bonchev–Trinajstić information content (AvgIpc) is 3.35. The van der Waals surface area contributed by atoms with Crippen LogP contribution in [0.1, 0.15) is 39.4 Å². The fraction of sp³-hybridized carbons (Fsp3) is 0.172. The molecule has 0 fully saturated rings. The number of ether oxygens (including phenoxy) is 1. The van der Waals surface area contributed by atoms with Gasteiger partial charge in [0.1, 0.15) is 5.25 Å². The molecule has 0 aliphatic rings. The van der Waals surface area contributed by atoms with Gasteiger partial charge in [-0.3, -0.25) is 14.4 Å². The van der Waals surface area contributed by atoms with Crippen molar-refractivity contribution in [3.05, 3.63) is 107 Å². The van der Waals surface area contributed by atoms with E-state index in [2.05, 4.69) is 15.6 Å². The molecule has 1 atom stereocenters.